The van der Waals surface area contributed by atoms with E-state index in [1.165, 1.54) is 6.07 Å². The number of benzene rings is 2. The number of hydrogen-bond acceptors (Lipinski definition) is 5. The maximum atomic E-state index is 12.5. The number of halogens is 2. The van der Waals surface area contributed by atoms with Gasteiger partial charge in [0.15, 0.2) is 6.61 Å². The molecule has 2 aromatic carbocycles. The highest BCUT2D eigenvalue weighted by atomic mass is 35.5. The fraction of sp³-hybridized carbons (Fsp3) is 0.250. The Labute approximate surface area is 171 Å². The minimum atomic E-state index is -0.638. The third kappa shape index (κ3) is 4.13. The summed E-state index contributed by atoms with van der Waals surface area (Å²) in [6.07, 6.45) is 0.447. The van der Waals surface area contributed by atoms with E-state index in [4.69, 9.17) is 32.7 Å². The van der Waals surface area contributed by atoms with Crippen LogP contribution in [0.2, 0.25) is 10.0 Å². The topological polar surface area (TPSA) is 72.9 Å². The average molecular weight is 422 g/mol. The van der Waals surface area contributed by atoms with Crippen LogP contribution in [0.3, 0.4) is 0 Å². The molecule has 1 aliphatic heterocycles. The second-order valence-electron chi connectivity index (χ2n) is 6.13. The lowest BCUT2D eigenvalue weighted by Crippen LogP contribution is -2.43. The quantitative estimate of drug-likeness (QED) is 0.499. The lowest BCUT2D eigenvalue weighted by atomic mass is 10.1. The Balaban J connectivity index is 1.58. The number of imide groups is 1. The van der Waals surface area contributed by atoms with E-state index in [0.29, 0.717) is 28.3 Å². The molecule has 2 aromatic rings. The summed E-state index contributed by atoms with van der Waals surface area (Å²) in [6, 6.07) is 10.7. The predicted molar refractivity (Wildman–Crippen MR) is 104 cm³/mol. The molecule has 2 amide bonds. The predicted octanol–water partition coefficient (Wildman–Crippen LogP) is 3.99. The van der Waals surface area contributed by atoms with Crippen LogP contribution in [-0.2, 0) is 9.53 Å². The van der Waals surface area contributed by atoms with Crippen LogP contribution in [0.1, 0.15) is 34.1 Å². The number of esters is 1. The van der Waals surface area contributed by atoms with Crippen LogP contribution in [0.4, 0.5) is 0 Å². The van der Waals surface area contributed by atoms with Crippen molar-refractivity contribution in [2.45, 2.75) is 19.4 Å². The first-order chi connectivity index (χ1) is 13.4. The van der Waals surface area contributed by atoms with Crippen LogP contribution < -0.4 is 4.74 Å². The zero-order chi connectivity index (χ0) is 20.3. The standard InChI is InChI=1S/C20H17Cl2NO5/c1-2-13(23-19(25)14-5-3-4-6-15(14)20(23)26)10-28-18(24)11-27-17-8-7-12(21)9-16(17)22/h3-9,13H,2,10-11H2,1H3/t13-/m1/s1. The van der Waals surface area contributed by atoms with Crippen LogP contribution >= 0.6 is 23.2 Å². The van der Waals surface area contributed by atoms with Crippen molar-refractivity contribution in [3.8, 4) is 5.75 Å². The van der Waals surface area contributed by atoms with Crippen LogP contribution in [0.15, 0.2) is 42.5 Å². The van der Waals surface area contributed by atoms with E-state index in [1.54, 1.807) is 36.4 Å². The normalized spacial score (nSPS) is 14.0. The van der Waals surface area contributed by atoms with Gasteiger partial charge in [-0.3, -0.25) is 14.5 Å². The zero-order valence-electron chi connectivity index (χ0n) is 15.0. The largest absolute Gasteiger partial charge is 0.480 e. The highest BCUT2D eigenvalue weighted by molar-refractivity contribution is 6.35. The molecule has 0 aliphatic carbocycles. The van der Waals surface area contributed by atoms with E-state index >= 15 is 0 Å². The van der Waals surface area contributed by atoms with Crippen molar-refractivity contribution in [2.24, 2.45) is 0 Å². The summed E-state index contributed by atoms with van der Waals surface area (Å²) in [5.74, 6) is -1.10. The Bertz CT molecular complexity index is 896. The first-order valence-corrected chi connectivity index (χ1v) is 9.38. The minimum Gasteiger partial charge on any atom is -0.480 e. The molecule has 0 spiro atoms. The van der Waals surface area contributed by atoms with Crippen molar-refractivity contribution >= 4 is 41.0 Å². The van der Waals surface area contributed by atoms with Gasteiger partial charge in [-0.1, -0.05) is 42.3 Å². The van der Waals surface area contributed by atoms with E-state index in [1.807, 2.05) is 6.92 Å². The lowest BCUT2D eigenvalue weighted by Gasteiger charge is -2.24. The molecule has 0 unspecified atom stereocenters. The molecule has 0 N–H and O–H groups in total. The monoisotopic (exact) mass is 421 g/mol. The smallest absolute Gasteiger partial charge is 0.344 e. The second-order valence-corrected chi connectivity index (χ2v) is 6.98. The molecule has 0 radical (unpaired) electrons. The van der Waals surface area contributed by atoms with Gasteiger partial charge >= 0.3 is 5.97 Å². The number of amides is 2. The first-order valence-electron chi connectivity index (χ1n) is 8.62. The number of carbonyl (C=O) groups excluding carboxylic acids is 3. The minimum absolute atomic E-state index is 0.113. The summed E-state index contributed by atoms with van der Waals surface area (Å²) in [5, 5.41) is 0.726. The molecule has 146 valence electrons. The van der Waals surface area contributed by atoms with Gasteiger partial charge < -0.3 is 9.47 Å². The van der Waals surface area contributed by atoms with Gasteiger partial charge in [0.2, 0.25) is 0 Å². The first kappa shape index (κ1) is 20.2. The summed E-state index contributed by atoms with van der Waals surface area (Å²) in [6.45, 7) is 1.34. The van der Waals surface area contributed by atoms with E-state index in [0.717, 1.165) is 4.90 Å². The van der Waals surface area contributed by atoms with Gasteiger partial charge in [0, 0.05) is 5.02 Å². The molecule has 0 fully saturated rings. The Morgan fingerprint density at radius 3 is 2.29 bits per heavy atom. The molecule has 1 heterocycles. The van der Waals surface area contributed by atoms with Crippen LogP contribution in [0.5, 0.6) is 5.75 Å². The molecule has 1 atom stereocenters. The molecule has 3 rings (SSSR count). The lowest BCUT2D eigenvalue weighted by molar-refractivity contribution is -0.147. The van der Waals surface area contributed by atoms with Crippen molar-refractivity contribution < 1.29 is 23.9 Å². The molecule has 0 bridgehead atoms. The molecular weight excluding hydrogens is 405 g/mol. The van der Waals surface area contributed by atoms with Crippen molar-refractivity contribution in [1.29, 1.82) is 0 Å². The summed E-state index contributed by atoms with van der Waals surface area (Å²) in [7, 11) is 0. The van der Waals surface area contributed by atoms with Gasteiger partial charge in [0.25, 0.3) is 11.8 Å². The van der Waals surface area contributed by atoms with E-state index in [2.05, 4.69) is 0 Å². The van der Waals surface area contributed by atoms with Gasteiger partial charge in [-0.25, -0.2) is 4.79 Å². The van der Waals surface area contributed by atoms with Crippen LogP contribution in [0.25, 0.3) is 0 Å². The number of nitrogens with zero attached hydrogens (tertiary/aromatic N) is 1. The second kappa shape index (κ2) is 8.63. The van der Waals surface area contributed by atoms with Gasteiger partial charge in [0.1, 0.15) is 12.4 Å². The summed E-state index contributed by atoms with van der Waals surface area (Å²) < 4.78 is 10.5. The van der Waals surface area contributed by atoms with Crippen molar-refractivity contribution in [2.75, 3.05) is 13.2 Å². The third-order valence-electron chi connectivity index (χ3n) is 4.34. The van der Waals surface area contributed by atoms with Gasteiger partial charge in [0.05, 0.1) is 22.2 Å². The number of ether oxygens (including phenoxy) is 2. The molecule has 8 heteroatoms. The fourth-order valence-electron chi connectivity index (χ4n) is 2.87. The van der Waals surface area contributed by atoms with Gasteiger partial charge in [-0.2, -0.15) is 0 Å². The number of rotatable bonds is 7. The average Bonchev–Trinajstić information content (AvgIpc) is 2.93. The Morgan fingerprint density at radius 1 is 1.07 bits per heavy atom. The number of carbonyl (C=O) groups is 3. The highest BCUT2D eigenvalue weighted by Crippen LogP contribution is 2.28. The van der Waals surface area contributed by atoms with Crippen molar-refractivity contribution in [3.63, 3.8) is 0 Å². The molecule has 1 aliphatic rings. The van der Waals surface area contributed by atoms with Crippen LogP contribution in [-0.4, -0.2) is 41.9 Å². The maximum absolute atomic E-state index is 12.5. The molecule has 6 nitrogen and oxygen atoms in total. The zero-order valence-corrected chi connectivity index (χ0v) is 16.5. The SMILES string of the molecule is CC[C@H](COC(=O)COc1ccc(Cl)cc1Cl)N1C(=O)c2ccccc2C1=O. The Hall–Kier alpha value is -2.57. The number of fused-ring (bicyclic) bond motifs is 1. The third-order valence-corrected chi connectivity index (χ3v) is 4.87. The van der Waals surface area contributed by atoms with E-state index in [9.17, 15) is 14.4 Å². The molecule has 0 aromatic heterocycles. The number of hydrogen-bond donors (Lipinski definition) is 0. The van der Waals surface area contributed by atoms with E-state index in [-0.39, 0.29) is 30.1 Å². The summed E-state index contributed by atoms with van der Waals surface area (Å²) >= 11 is 11.8. The van der Waals surface area contributed by atoms with Crippen molar-refractivity contribution in [3.05, 3.63) is 63.6 Å². The molecule has 0 saturated heterocycles. The molecular formula is C20H17Cl2NO5. The summed E-state index contributed by atoms with van der Waals surface area (Å²) in [4.78, 5) is 38.2. The van der Waals surface area contributed by atoms with Gasteiger partial charge in [-0.15, -0.1) is 0 Å². The molecule has 0 saturated carbocycles. The summed E-state index contributed by atoms with van der Waals surface area (Å²) in [5.41, 5.74) is 0.719. The van der Waals surface area contributed by atoms with Gasteiger partial charge in [-0.05, 0) is 36.8 Å². The van der Waals surface area contributed by atoms with Crippen molar-refractivity contribution in [1.82, 2.24) is 4.90 Å². The fourth-order valence-corrected chi connectivity index (χ4v) is 3.34. The Kier molecular flexibility index (Phi) is 6.21. The van der Waals surface area contributed by atoms with Crippen LogP contribution in [0, 0.1) is 0 Å². The molecule has 28 heavy (non-hydrogen) atoms. The highest BCUT2D eigenvalue weighted by Gasteiger charge is 2.39. The Morgan fingerprint density at radius 2 is 1.71 bits per heavy atom. The maximum Gasteiger partial charge on any atom is 0.344 e. The van der Waals surface area contributed by atoms with E-state index < -0.39 is 12.0 Å².